The maximum absolute atomic E-state index is 11.5. The van der Waals surface area contributed by atoms with Gasteiger partial charge in [0.05, 0.1) is 6.10 Å². The number of benzene rings is 3. The lowest BCUT2D eigenvalue weighted by Gasteiger charge is -2.36. The Labute approximate surface area is 154 Å². The topological polar surface area (TPSA) is 20.2 Å². The highest BCUT2D eigenvalue weighted by molar-refractivity contribution is 5.79. The lowest BCUT2D eigenvalue weighted by atomic mass is 9.69. The van der Waals surface area contributed by atoms with Gasteiger partial charge in [-0.05, 0) is 52.7 Å². The van der Waals surface area contributed by atoms with Crippen molar-refractivity contribution >= 4 is 5.57 Å². The van der Waals surface area contributed by atoms with E-state index in [0.29, 0.717) is 0 Å². The van der Waals surface area contributed by atoms with Crippen LogP contribution in [0.3, 0.4) is 0 Å². The zero-order chi connectivity index (χ0) is 17.6. The first-order valence-corrected chi connectivity index (χ1v) is 9.37. The fraction of sp³-hybridized carbons (Fsp3) is 0.200. The first-order chi connectivity index (χ1) is 12.8. The van der Waals surface area contributed by atoms with Gasteiger partial charge in [-0.2, -0.15) is 0 Å². The summed E-state index contributed by atoms with van der Waals surface area (Å²) in [7, 11) is 0. The zero-order valence-electron chi connectivity index (χ0n) is 14.7. The van der Waals surface area contributed by atoms with E-state index >= 15 is 0 Å². The fourth-order valence-electron chi connectivity index (χ4n) is 4.91. The van der Waals surface area contributed by atoms with Gasteiger partial charge < -0.3 is 5.11 Å². The Bertz CT molecular complexity index is 986. The summed E-state index contributed by atoms with van der Waals surface area (Å²) in [6.07, 6.45) is 4.58. The Morgan fingerprint density at radius 2 is 1.50 bits per heavy atom. The summed E-state index contributed by atoms with van der Waals surface area (Å²) in [6.45, 7) is 0. The van der Waals surface area contributed by atoms with Gasteiger partial charge in [-0.3, -0.25) is 0 Å². The maximum Gasteiger partial charge on any atom is 0.0895 e. The van der Waals surface area contributed by atoms with Crippen molar-refractivity contribution < 1.29 is 5.11 Å². The van der Waals surface area contributed by atoms with Crippen LogP contribution in [0.4, 0.5) is 0 Å². The molecule has 2 atom stereocenters. The molecule has 5 rings (SSSR count). The van der Waals surface area contributed by atoms with Crippen LogP contribution in [-0.4, -0.2) is 5.11 Å². The van der Waals surface area contributed by atoms with Crippen LogP contribution in [0.25, 0.3) is 5.57 Å². The number of hydrogen-bond donors (Lipinski definition) is 1. The molecule has 2 aliphatic carbocycles. The Balaban J connectivity index is 1.66. The summed E-state index contributed by atoms with van der Waals surface area (Å²) < 4.78 is 0. The number of aliphatic hydroxyl groups is 1. The lowest BCUT2D eigenvalue weighted by Crippen LogP contribution is -2.30. The molecular weight excluding hydrogens is 316 g/mol. The molecule has 0 aliphatic heterocycles. The highest BCUT2D eigenvalue weighted by atomic mass is 16.3. The normalized spacial score (nSPS) is 23.4. The van der Waals surface area contributed by atoms with Crippen molar-refractivity contribution in [2.75, 3.05) is 0 Å². The first kappa shape index (κ1) is 15.6. The molecular formula is C25H22O. The van der Waals surface area contributed by atoms with Crippen molar-refractivity contribution in [2.45, 2.75) is 25.4 Å². The third-order valence-electron chi connectivity index (χ3n) is 6.11. The second-order valence-corrected chi connectivity index (χ2v) is 7.58. The van der Waals surface area contributed by atoms with E-state index in [2.05, 4.69) is 78.9 Å². The Hall–Kier alpha value is -2.64. The Kier molecular flexibility index (Phi) is 3.58. The fourth-order valence-corrected chi connectivity index (χ4v) is 4.91. The number of allylic oxidation sites excluding steroid dienone is 1. The van der Waals surface area contributed by atoms with Crippen molar-refractivity contribution in [3.05, 3.63) is 113 Å². The van der Waals surface area contributed by atoms with Gasteiger partial charge >= 0.3 is 0 Å². The molecule has 0 radical (unpaired) electrons. The molecule has 2 unspecified atom stereocenters. The summed E-state index contributed by atoms with van der Waals surface area (Å²) in [5.41, 5.74) is 7.37. The van der Waals surface area contributed by atoms with Crippen molar-refractivity contribution in [2.24, 2.45) is 5.41 Å². The average Bonchev–Trinajstić information content (AvgIpc) is 3.23. The summed E-state index contributed by atoms with van der Waals surface area (Å²) in [5.74, 6) is 0. The first-order valence-electron chi connectivity index (χ1n) is 9.37. The van der Waals surface area contributed by atoms with Gasteiger partial charge in [0, 0.05) is 5.41 Å². The Morgan fingerprint density at radius 1 is 0.808 bits per heavy atom. The van der Waals surface area contributed by atoms with E-state index in [-0.39, 0.29) is 5.41 Å². The van der Waals surface area contributed by atoms with Crippen molar-refractivity contribution in [3.63, 3.8) is 0 Å². The van der Waals surface area contributed by atoms with Gasteiger partial charge in [0.2, 0.25) is 0 Å². The van der Waals surface area contributed by atoms with Crippen LogP contribution in [0, 0.1) is 5.41 Å². The van der Waals surface area contributed by atoms with Crippen LogP contribution in [0.5, 0.6) is 0 Å². The minimum absolute atomic E-state index is 0.294. The molecule has 0 saturated heterocycles. The summed E-state index contributed by atoms with van der Waals surface area (Å²) in [4.78, 5) is 0. The second-order valence-electron chi connectivity index (χ2n) is 7.58. The second kappa shape index (κ2) is 5.96. The van der Waals surface area contributed by atoms with Crippen molar-refractivity contribution in [3.8, 4) is 0 Å². The number of aliphatic hydroxyl groups excluding tert-OH is 1. The number of hydrogen-bond acceptors (Lipinski definition) is 1. The molecule has 1 heteroatoms. The van der Waals surface area contributed by atoms with Gasteiger partial charge in [0.25, 0.3) is 0 Å². The summed E-state index contributed by atoms with van der Waals surface area (Å²) in [5, 5.41) is 11.5. The molecule has 2 aliphatic rings. The molecule has 0 aromatic heterocycles. The molecule has 1 N–H and O–H groups in total. The van der Waals surface area contributed by atoms with E-state index < -0.39 is 6.10 Å². The lowest BCUT2D eigenvalue weighted by molar-refractivity contribution is 0.0810. The van der Waals surface area contributed by atoms with E-state index in [1.165, 1.54) is 27.8 Å². The minimum Gasteiger partial charge on any atom is -0.387 e. The predicted molar refractivity (Wildman–Crippen MR) is 106 cm³/mol. The molecule has 128 valence electrons. The largest absolute Gasteiger partial charge is 0.387 e. The zero-order valence-corrected chi connectivity index (χ0v) is 14.7. The molecule has 0 heterocycles. The minimum atomic E-state index is -0.476. The van der Waals surface area contributed by atoms with Crippen LogP contribution < -0.4 is 0 Å². The van der Waals surface area contributed by atoms with Crippen molar-refractivity contribution in [1.82, 2.24) is 0 Å². The highest BCUT2D eigenvalue weighted by Crippen LogP contribution is 2.56. The number of rotatable bonds is 3. The quantitative estimate of drug-likeness (QED) is 0.700. The molecule has 0 spiro atoms. The molecule has 0 bridgehead atoms. The SMILES string of the molecule is OC1c2ccccc2CC1(Cc1ccccc1)C1=CCc2ccccc21. The maximum atomic E-state index is 11.5. The molecule has 3 aromatic carbocycles. The standard InChI is InChI=1S/C25H22O/c26-24-22-13-7-5-11-20(22)17-25(24,16-18-8-2-1-3-9-18)23-15-14-19-10-4-6-12-21(19)23/h1-13,15,24,26H,14,16-17H2. The molecule has 3 aromatic rings. The van der Waals surface area contributed by atoms with Crippen LogP contribution in [0.15, 0.2) is 84.9 Å². The van der Waals surface area contributed by atoms with Crippen LogP contribution in [0.2, 0.25) is 0 Å². The van der Waals surface area contributed by atoms with Gasteiger partial charge in [-0.15, -0.1) is 0 Å². The molecule has 1 nitrogen and oxygen atoms in total. The third-order valence-corrected chi connectivity index (χ3v) is 6.11. The molecule has 0 amide bonds. The molecule has 0 fully saturated rings. The van der Waals surface area contributed by atoms with E-state index in [4.69, 9.17) is 0 Å². The Morgan fingerprint density at radius 3 is 2.31 bits per heavy atom. The number of fused-ring (bicyclic) bond motifs is 2. The smallest absolute Gasteiger partial charge is 0.0895 e. The van der Waals surface area contributed by atoms with E-state index in [1.807, 2.05) is 6.07 Å². The molecule has 26 heavy (non-hydrogen) atoms. The highest BCUT2D eigenvalue weighted by Gasteiger charge is 2.49. The molecule has 0 saturated carbocycles. The van der Waals surface area contributed by atoms with Gasteiger partial charge in [0.1, 0.15) is 0 Å². The van der Waals surface area contributed by atoms with E-state index in [9.17, 15) is 5.11 Å². The van der Waals surface area contributed by atoms with Crippen LogP contribution in [-0.2, 0) is 19.3 Å². The monoisotopic (exact) mass is 338 g/mol. The van der Waals surface area contributed by atoms with Gasteiger partial charge in [-0.25, -0.2) is 0 Å². The van der Waals surface area contributed by atoms with Crippen molar-refractivity contribution in [1.29, 1.82) is 0 Å². The van der Waals surface area contributed by atoms with E-state index in [1.54, 1.807) is 0 Å². The van der Waals surface area contributed by atoms with Crippen LogP contribution in [0.1, 0.15) is 33.9 Å². The average molecular weight is 338 g/mol. The third kappa shape index (κ3) is 2.28. The van der Waals surface area contributed by atoms with E-state index in [0.717, 1.165) is 24.8 Å². The van der Waals surface area contributed by atoms with Gasteiger partial charge in [-0.1, -0.05) is 84.9 Å². The van der Waals surface area contributed by atoms with Gasteiger partial charge in [0.15, 0.2) is 0 Å². The summed E-state index contributed by atoms with van der Waals surface area (Å²) >= 11 is 0. The summed E-state index contributed by atoms with van der Waals surface area (Å²) in [6, 6.07) is 27.6. The van der Waals surface area contributed by atoms with Crippen LogP contribution >= 0.6 is 0 Å². The predicted octanol–water partition coefficient (Wildman–Crippen LogP) is 5.14.